The summed E-state index contributed by atoms with van der Waals surface area (Å²) in [6.45, 7) is 9.23. The fourth-order valence-electron chi connectivity index (χ4n) is 3.35. The SMILES string of the molecule is CCC(CC)NC(=O)N1CCCN(S(=O)(=O)c2c(C)nn(C)c2C)CC1. The van der Waals surface area contributed by atoms with Gasteiger partial charge < -0.3 is 10.2 Å². The molecular formula is C17H31N5O3S. The zero-order chi connectivity index (χ0) is 19.5. The molecule has 2 amide bonds. The van der Waals surface area contributed by atoms with Gasteiger partial charge in [0.2, 0.25) is 10.0 Å². The first-order valence-corrected chi connectivity index (χ1v) is 10.7. The molecule has 0 bridgehead atoms. The van der Waals surface area contributed by atoms with Crippen molar-refractivity contribution in [3.8, 4) is 0 Å². The van der Waals surface area contributed by atoms with Crippen LogP contribution in [0.5, 0.6) is 0 Å². The lowest BCUT2D eigenvalue weighted by molar-refractivity contribution is 0.195. The van der Waals surface area contributed by atoms with Gasteiger partial charge in [0.1, 0.15) is 4.90 Å². The van der Waals surface area contributed by atoms with Crippen molar-refractivity contribution in [3.63, 3.8) is 0 Å². The molecule has 1 aromatic rings. The average Bonchev–Trinajstić information content (AvgIpc) is 2.78. The Morgan fingerprint density at radius 2 is 1.81 bits per heavy atom. The van der Waals surface area contributed by atoms with Crippen LogP contribution >= 0.6 is 0 Å². The largest absolute Gasteiger partial charge is 0.335 e. The third-order valence-corrected chi connectivity index (χ3v) is 7.25. The third kappa shape index (κ3) is 4.20. The second-order valence-electron chi connectivity index (χ2n) is 6.83. The topological polar surface area (TPSA) is 87.5 Å². The highest BCUT2D eigenvalue weighted by atomic mass is 32.2. The van der Waals surface area contributed by atoms with Crippen LogP contribution in [0, 0.1) is 13.8 Å². The summed E-state index contributed by atoms with van der Waals surface area (Å²) >= 11 is 0. The predicted molar refractivity (Wildman–Crippen MR) is 101 cm³/mol. The third-order valence-electron chi connectivity index (χ3n) is 5.10. The molecule has 9 heteroatoms. The van der Waals surface area contributed by atoms with E-state index >= 15 is 0 Å². The number of carbonyl (C=O) groups excluding carboxylic acids is 1. The highest BCUT2D eigenvalue weighted by molar-refractivity contribution is 7.89. The molecule has 26 heavy (non-hydrogen) atoms. The first-order valence-electron chi connectivity index (χ1n) is 9.28. The van der Waals surface area contributed by atoms with E-state index in [1.54, 1.807) is 30.5 Å². The standard InChI is InChI=1S/C17H31N5O3S/c1-6-15(7-2)18-17(23)21-9-8-10-22(12-11-21)26(24,25)16-13(3)19-20(5)14(16)4/h15H,6-12H2,1-5H3,(H,18,23). The minimum atomic E-state index is -3.62. The number of aromatic nitrogens is 2. The van der Waals surface area contributed by atoms with Crippen LogP contribution in [0.25, 0.3) is 0 Å². The molecule has 0 atom stereocenters. The van der Waals surface area contributed by atoms with E-state index < -0.39 is 10.0 Å². The van der Waals surface area contributed by atoms with E-state index in [9.17, 15) is 13.2 Å². The second-order valence-corrected chi connectivity index (χ2v) is 8.71. The summed E-state index contributed by atoms with van der Waals surface area (Å²) in [5.41, 5.74) is 1.15. The Kier molecular flexibility index (Phi) is 6.68. The van der Waals surface area contributed by atoms with Gasteiger partial charge >= 0.3 is 6.03 Å². The molecule has 0 aliphatic carbocycles. The van der Waals surface area contributed by atoms with Crippen molar-refractivity contribution in [3.05, 3.63) is 11.4 Å². The smallest absolute Gasteiger partial charge is 0.317 e. The number of carbonyl (C=O) groups is 1. The quantitative estimate of drug-likeness (QED) is 0.834. The van der Waals surface area contributed by atoms with Crippen molar-refractivity contribution in [2.75, 3.05) is 26.2 Å². The molecule has 1 aliphatic rings. The Morgan fingerprint density at radius 3 is 2.35 bits per heavy atom. The molecule has 1 N–H and O–H groups in total. The van der Waals surface area contributed by atoms with Crippen molar-refractivity contribution in [2.24, 2.45) is 7.05 Å². The Morgan fingerprint density at radius 1 is 1.15 bits per heavy atom. The minimum Gasteiger partial charge on any atom is -0.335 e. The number of sulfonamides is 1. The number of amides is 2. The molecule has 0 radical (unpaired) electrons. The average molecular weight is 386 g/mol. The molecule has 8 nitrogen and oxygen atoms in total. The normalized spacial score (nSPS) is 16.8. The van der Waals surface area contributed by atoms with Gasteiger partial charge in [0.15, 0.2) is 0 Å². The number of rotatable bonds is 5. The summed E-state index contributed by atoms with van der Waals surface area (Å²) in [6, 6.07) is 0.0537. The van der Waals surface area contributed by atoms with E-state index in [2.05, 4.69) is 10.4 Å². The van der Waals surface area contributed by atoms with Gasteiger partial charge in [-0.25, -0.2) is 13.2 Å². The summed E-state index contributed by atoms with van der Waals surface area (Å²) in [5.74, 6) is 0. The van der Waals surface area contributed by atoms with E-state index in [-0.39, 0.29) is 17.0 Å². The van der Waals surface area contributed by atoms with E-state index in [0.717, 1.165) is 12.8 Å². The Labute approximate surface area is 156 Å². The fraction of sp³-hybridized carbons (Fsp3) is 0.765. The van der Waals surface area contributed by atoms with Crippen LogP contribution in [-0.4, -0.2) is 65.7 Å². The van der Waals surface area contributed by atoms with E-state index in [0.29, 0.717) is 44.0 Å². The summed E-state index contributed by atoms with van der Waals surface area (Å²) < 4.78 is 29.3. The summed E-state index contributed by atoms with van der Waals surface area (Å²) in [7, 11) is -1.87. The molecule has 1 saturated heterocycles. The first kappa shape index (κ1) is 20.7. The first-order chi connectivity index (χ1) is 12.2. The Bertz CT molecular complexity index is 740. The van der Waals surface area contributed by atoms with Crippen molar-refractivity contribution in [1.82, 2.24) is 24.3 Å². The maximum absolute atomic E-state index is 13.1. The van der Waals surface area contributed by atoms with Gasteiger partial charge in [0.05, 0.1) is 11.4 Å². The molecular weight excluding hydrogens is 354 g/mol. The number of nitrogens with zero attached hydrogens (tertiary/aromatic N) is 4. The summed E-state index contributed by atoms with van der Waals surface area (Å²) in [6.07, 6.45) is 2.39. The monoisotopic (exact) mass is 385 g/mol. The fourth-order valence-corrected chi connectivity index (χ4v) is 5.22. The molecule has 1 aromatic heterocycles. The molecule has 2 rings (SSSR count). The second kappa shape index (κ2) is 8.39. The Hall–Kier alpha value is -1.61. The minimum absolute atomic E-state index is 0.105. The van der Waals surface area contributed by atoms with Crippen LogP contribution in [-0.2, 0) is 17.1 Å². The van der Waals surface area contributed by atoms with Gasteiger partial charge in [-0.3, -0.25) is 4.68 Å². The molecule has 0 unspecified atom stereocenters. The van der Waals surface area contributed by atoms with E-state index in [4.69, 9.17) is 0 Å². The van der Waals surface area contributed by atoms with Crippen molar-refractivity contribution < 1.29 is 13.2 Å². The zero-order valence-electron chi connectivity index (χ0n) is 16.4. The predicted octanol–water partition coefficient (Wildman–Crippen LogP) is 1.63. The van der Waals surface area contributed by atoms with E-state index in [1.165, 1.54) is 4.31 Å². The van der Waals surface area contributed by atoms with Crippen molar-refractivity contribution >= 4 is 16.1 Å². The van der Waals surface area contributed by atoms with Crippen LogP contribution in [0.4, 0.5) is 4.79 Å². The molecule has 0 aromatic carbocycles. The molecule has 0 spiro atoms. The van der Waals surface area contributed by atoms with Crippen LogP contribution in [0.15, 0.2) is 4.90 Å². The highest BCUT2D eigenvalue weighted by Gasteiger charge is 2.32. The number of nitrogens with one attached hydrogen (secondary N) is 1. The lowest BCUT2D eigenvalue weighted by Gasteiger charge is -2.24. The van der Waals surface area contributed by atoms with Gasteiger partial charge in [0.25, 0.3) is 0 Å². The molecule has 2 heterocycles. The molecule has 148 valence electrons. The molecule has 1 aliphatic heterocycles. The number of hydrogen-bond donors (Lipinski definition) is 1. The summed E-state index contributed by atoms with van der Waals surface area (Å²) in [5, 5.41) is 7.25. The highest BCUT2D eigenvalue weighted by Crippen LogP contribution is 2.24. The van der Waals surface area contributed by atoms with Crippen LogP contribution < -0.4 is 5.32 Å². The molecule has 0 saturated carbocycles. The van der Waals surface area contributed by atoms with Gasteiger partial charge in [-0.05, 0) is 33.1 Å². The number of hydrogen-bond acceptors (Lipinski definition) is 4. The number of urea groups is 1. The lowest BCUT2D eigenvalue weighted by Crippen LogP contribution is -2.46. The lowest BCUT2D eigenvalue weighted by atomic mass is 10.2. The van der Waals surface area contributed by atoms with Gasteiger partial charge in [-0.2, -0.15) is 9.40 Å². The van der Waals surface area contributed by atoms with Crippen LogP contribution in [0.2, 0.25) is 0 Å². The van der Waals surface area contributed by atoms with Gasteiger partial charge in [0, 0.05) is 39.3 Å². The maximum Gasteiger partial charge on any atom is 0.317 e. The van der Waals surface area contributed by atoms with Crippen LogP contribution in [0.1, 0.15) is 44.5 Å². The van der Waals surface area contributed by atoms with Crippen molar-refractivity contribution in [1.29, 1.82) is 0 Å². The van der Waals surface area contributed by atoms with Crippen molar-refractivity contribution in [2.45, 2.75) is 57.9 Å². The van der Waals surface area contributed by atoms with Gasteiger partial charge in [-0.15, -0.1) is 0 Å². The zero-order valence-corrected chi connectivity index (χ0v) is 17.3. The molecule has 1 fully saturated rings. The van der Waals surface area contributed by atoms with E-state index in [1.807, 2.05) is 13.8 Å². The Balaban J connectivity index is 2.11. The number of aryl methyl sites for hydroxylation is 2. The summed E-state index contributed by atoms with van der Waals surface area (Å²) in [4.78, 5) is 14.5. The van der Waals surface area contributed by atoms with Crippen LogP contribution in [0.3, 0.4) is 0 Å². The maximum atomic E-state index is 13.1. The van der Waals surface area contributed by atoms with Gasteiger partial charge in [-0.1, -0.05) is 13.8 Å².